The van der Waals surface area contributed by atoms with Crippen LogP contribution in [0.25, 0.3) is 0 Å². The van der Waals surface area contributed by atoms with Gasteiger partial charge >= 0.3 is 5.97 Å². The van der Waals surface area contributed by atoms with E-state index in [-0.39, 0.29) is 18.9 Å². The molecule has 0 aliphatic carbocycles. The number of nitrogens with zero attached hydrogens (tertiary/aromatic N) is 1. The number of carbonyl (C=O) groups is 2. The van der Waals surface area contributed by atoms with Crippen molar-refractivity contribution in [1.29, 1.82) is 0 Å². The second kappa shape index (κ2) is 9.46. The van der Waals surface area contributed by atoms with Crippen LogP contribution in [-0.4, -0.2) is 44.2 Å². The Morgan fingerprint density at radius 1 is 1.08 bits per heavy atom. The summed E-state index contributed by atoms with van der Waals surface area (Å²) in [7, 11) is 4.01. The average molecular weight is 356 g/mol. The van der Waals surface area contributed by atoms with Gasteiger partial charge in [-0.1, -0.05) is 24.3 Å². The molecule has 0 unspecified atom stereocenters. The van der Waals surface area contributed by atoms with Crippen molar-refractivity contribution in [3.63, 3.8) is 0 Å². The molecule has 6 nitrogen and oxygen atoms in total. The van der Waals surface area contributed by atoms with Crippen molar-refractivity contribution in [2.75, 3.05) is 32.1 Å². The van der Waals surface area contributed by atoms with Crippen LogP contribution in [0.15, 0.2) is 48.5 Å². The first-order valence-corrected chi connectivity index (χ1v) is 8.40. The number of carbonyl (C=O) groups excluding carboxylic acids is 1. The number of carboxylic acid groups (broad SMARTS) is 1. The maximum atomic E-state index is 11.7. The second-order valence-corrected chi connectivity index (χ2v) is 6.15. The minimum atomic E-state index is -1.06. The molecule has 0 saturated carbocycles. The highest BCUT2D eigenvalue weighted by atomic mass is 16.5. The van der Waals surface area contributed by atoms with E-state index in [4.69, 9.17) is 9.84 Å². The highest BCUT2D eigenvalue weighted by Gasteiger charge is 2.06. The number of hydrogen-bond acceptors (Lipinski definition) is 4. The van der Waals surface area contributed by atoms with E-state index in [1.165, 1.54) is 5.56 Å². The summed E-state index contributed by atoms with van der Waals surface area (Å²) in [6, 6.07) is 15.6. The topological polar surface area (TPSA) is 78.9 Å². The molecule has 0 heterocycles. The Bertz CT molecular complexity index is 742. The van der Waals surface area contributed by atoms with Crippen molar-refractivity contribution in [3.05, 3.63) is 59.7 Å². The fourth-order valence-corrected chi connectivity index (χ4v) is 2.41. The maximum absolute atomic E-state index is 11.7. The summed E-state index contributed by atoms with van der Waals surface area (Å²) < 4.78 is 5.77. The van der Waals surface area contributed by atoms with Crippen molar-refractivity contribution >= 4 is 17.6 Å². The zero-order valence-electron chi connectivity index (χ0n) is 15.1. The predicted molar refractivity (Wildman–Crippen MR) is 101 cm³/mol. The summed E-state index contributed by atoms with van der Waals surface area (Å²) in [5.41, 5.74) is 3.13. The van der Waals surface area contributed by atoms with E-state index in [1.807, 2.05) is 32.3 Å². The van der Waals surface area contributed by atoms with E-state index in [9.17, 15) is 9.59 Å². The lowest BCUT2D eigenvalue weighted by molar-refractivity contribution is -0.137. The first-order chi connectivity index (χ1) is 12.4. The molecule has 2 aromatic carbocycles. The average Bonchev–Trinajstić information content (AvgIpc) is 2.61. The molecule has 2 aromatic rings. The standard InChI is InChI=1S/C20H24N2O4/c1-22(2)17-8-6-15(7-9-17)10-11-26-18-5-3-4-16(12-18)13-19(23)21-14-20(24)25/h3-9,12H,10-11,13-14H2,1-2H3,(H,21,23)(H,24,25). The van der Waals surface area contributed by atoms with Crippen LogP contribution in [0.5, 0.6) is 5.75 Å². The summed E-state index contributed by atoms with van der Waals surface area (Å²) in [6.45, 7) is 0.164. The minimum Gasteiger partial charge on any atom is -0.493 e. The second-order valence-electron chi connectivity index (χ2n) is 6.15. The van der Waals surface area contributed by atoms with Crippen molar-refractivity contribution in [2.45, 2.75) is 12.8 Å². The molecule has 6 heteroatoms. The molecule has 2 rings (SSSR count). The third-order valence-electron chi connectivity index (χ3n) is 3.81. The first kappa shape index (κ1) is 19.3. The zero-order chi connectivity index (χ0) is 18.9. The normalized spacial score (nSPS) is 10.2. The van der Waals surface area contributed by atoms with E-state index in [1.54, 1.807) is 6.07 Å². The highest BCUT2D eigenvalue weighted by Crippen LogP contribution is 2.16. The molecule has 2 N–H and O–H groups in total. The first-order valence-electron chi connectivity index (χ1n) is 8.40. The van der Waals surface area contributed by atoms with Crippen molar-refractivity contribution in [2.24, 2.45) is 0 Å². The molecule has 0 aliphatic rings. The van der Waals surface area contributed by atoms with Gasteiger partial charge in [0.25, 0.3) is 0 Å². The summed E-state index contributed by atoms with van der Waals surface area (Å²) in [6.07, 6.45) is 0.910. The fraction of sp³-hybridized carbons (Fsp3) is 0.300. The zero-order valence-corrected chi connectivity index (χ0v) is 15.1. The van der Waals surface area contributed by atoms with Crippen LogP contribution >= 0.6 is 0 Å². The Hall–Kier alpha value is -3.02. The van der Waals surface area contributed by atoms with E-state index in [0.717, 1.165) is 17.7 Å². The molecule has 26 heavy (non-hydrogen) atoms. The molecule has 0 saturated heterocycles. The molecule has 0 spiro atoms. The molecule has 0 aromatic heterocycles. The lowest BCUT2D eigenvalue weighted by atomic mass is 10.1. The number of ether oxygens (including phenoxy) is 1. The monoisotopic (exact) mass is 356 g/mol. The van der Waals surface area contributed by atoms with Crippen LogP contribution in [0.3, 0.4) is 0 Å². The number of carboxylic acids is 1. The van der Waals surface area contributed by atoms with Crippen LogP contribution < -0.4 is 15.0 Å². The Balaban J connectivity index is 1.82. The molecule has 1 amide bonds. The Morgan fingerprint density at radius 3 is 2.46 bits per heavy atom. The summed E-state index contributed by atoms with van der Waals surface area (Å²) in [4.78, 5) is 24.2. The lowest BCUT2D eigenvalue weighted by Crippen LogP contribution is -2.30. The number of amides is 1. The van der Waals surface area contributed by atoms with E-state index in [0.29, 0.717) is 12.4 Å². The van der Waals surface area contributed by atoms with Gasteiger partial charge in [0.2, 0.25) is 5.91 Å². The third kappa shape index (κ3) is 6.47. The van der Waals surface area contributed by atoms with Gasteiger partial charge < -0.3 is 20.1 Å². The van der Waals surface area contributed by atoms with Crippen molar-refractivity contribution in [1.82, 2.24) is 5.32 Å². The van der Waals surface area contributed by atoms with Gasteiger partial charge in [-0.25, -0.2) is 0 Å². The fourth-order valence-electron chi connectivity index (χ4n) is 2.41. The van der Waals surface area contributed by atoms with Crippen molar-refractivity contribution < 1.29 is 19.4 Å². The van der Waals surface area contributed by atoms with Crippen LogP contribution in [0.2, 0.25) is 0 Å². The number of rotatable bonds is 9. The number of hydrogen-bond donors (Lipinski definition) is 2. The summed E-state index contributed by atoms with van der Waals surface area (Å²) in [5, 5.41) is 10.9. The van der Waals surface area contributed by atoms with Crippen LogP contribution in [0, 0.1) is 0 Å². The van der Waals surface area contributed by atoms with Gasteiger partial charge in [0.15, 0.2) is 0 Å². The van der Waals surface area contributed by atoms with E-state index >= 15 is 0 Å². The Morgan fingerprint density at radius 2 is 1.81 bits per heavy atom. The molecule has 0 fully saturated rings. The molecule has 0 atom stereocenters. The largest absolute Gasteiger partial charge is 0.493 e. The van der Waals surface area contributed by atoms with Gasteiger partial charge in [-0.3, -0.25) is 9.59 Å². The van der Waals surface area contributed by atoms with Gasteiger partial charge in [-0.15, -0.1) is 0 Å². The minimum absolute atomic E-state index is 0.122. The molecule has 0 aliphatic heterocycles. The predicted octanol–water partition coefficient (Wildman–Crippen LogP) is 2.12. The molecule has 0 bridgehead atoms. The van der Waals surface area contributed by atoms with Gasteiger partial charge in [0.1, 0.15) is 12.3 Å². The lowest BCUT2D eigenvalue weighted by Gasteiger charge is -2.13. The number of benzene rings is 2. The molecule has 0 radical (unpaired) electrons. The number of nitrogens with one attached hydrogen (secondary N) is 1. The highest BCUT2D eigenvalue weighted by molar-refractivity contribution is 5.82. The number of anilines is 1. The molecular weight excluding hydrogens is 332 g/mol. The van der Waals surface area contributed by atoms with Crippen LogP contribution in [-0.2, 0) is 22.4 Å². The van der Waals surface area contributed by atoms with Gasteiger partial charge in [-0.05, 0) is 35.4 Å². The Kier molecular flexibility index (Phi) is 7.02. The molecule has 138 valence electrons. The summed E-state index contributed by atoms with van der Waals surface area (Å²) in [5.74, 6) is -0.696. The van der Waals surface area contributed by atoms with Crippen LogP contribution in [0.1, 0.15) is 11.1 Å². The number of aliphatic carboxylic acids is 1. The molecular formula is C20H24N2O4. The van der Waals surface area contributed by atoms with Crippen LogP contribution in [0.4, 0.5) is 5.69 Å². The van der Waals surface area contributed by atoms with Gasteiger partial charge in [0, 0.05) is 26.2 Å². The third-order valence-corrected chi connectivity index (χ3v) is 3.81. The quantitative estimate of drug-likeness (QED) is 0.719. The smallest absolute Gasteiger partial charge is 0.322 e. The Labute approximate surface area is 153 Å². The van der Waals surface area contributed by atoms with Gasteiger partial charge in [-0.2, -0.15) is 0 Å². The SMILES string of the molecule is CN(C)c1ccc(CCOc2cccc(CC(=O)NCC(=O)O)c2)cc1. The van der Waals surface area contributed by atoms with E-state index < -0.39 is 5.97 Å². The van der Waals surface area contributed by atoms with E-state index in [2.05, 4.69) is 34.5 Å². The summed E-state index contributed by atoms with van der Waals surface area (Å²) >= 11 is 0. The van der Waals surface area contributed by atoms with Gasteiger partial charge in [0.05, 0.1) is 13.0 Å². The van der Waals surface area contributed by atoms with Crippen molar-refractivity contribution in [3.8, 4) is 5.75 Å². The maximum Gasteiger partial charge on any atom is 0.322 e.